The fourth-order valence-electron chi connectivity index (χ4n) is 3.99. The topological polar surface area (TPSA) is 115 Å². The predicted octanol–water partition coefficient (Wildman–Crippen LogP) is 3.47. The van der Waals surface area contributed by atoms with Crippen molar-refractivity contribution in [3.05, 3.63) is 36.0 Å². The van der Waals surface area contributed by atoms with Crippen molar-refractivity contribution in [1.82, 2.24) is 25.1 Å². The molecule has 0 bridgehead atoms. The molecule has 0 aliphatic carbocycles. The maximum atomic E-state index is 12.2. The van der Waals surface area contributed by atoms with Gasteiger partial charge in [0.1, 0.15) is 17.2 Å². The van der Waals surface area contributed by atoms with Gasteiger partial charge in [0, 0.05) is 18.6 Å². The summed E-state index contributed by atoms with van der Waals surface area (Å²) in [7, 11) is 1.63. The van der Waals surface area contributed by atoms with Crippen LogP contribution in [0.4, 0.5) is 10.6 Å². The summed E-state index contributed by atoms with van der Waals surface area (Å²) in [5, 5.41) is 17.5. The minimum atomic E-state index is -0.535. The molecule has 4 rings (SSSR count). The lowest BCUT2D eigenvalue weighted by Crippen LogP contribution is -2.54. The Bertz CT molecular complexity index is 1160. The van der Waals surface area contributed by atoms with Crippen molar-refractivity contribution in [2.75, 3.05) is 25.1 Å². The Labute approximate surface area is 198 Å². The Hall–Kier alpha value is -3.56. The van der Waals surface area contributed by atoms with E-state index < -0.39 is 11.7 Å². The minimum absolute atomic E-state index is 0.143. The van der Waals surface area contributed by atoms with Crippen molar-refractivity contribution >= 4 is 23.1 Å². The van der Waals surface area contributed by atoms with E-state index >= 15 is 0 Å². The Morgan fingerprint density at radius 1 is 1.21 bits per heavy atom. The fourth-order valence-corrected chi connectivity index (χ4v) is 3.99. The highest BCUT2D eigenvalue weighted by atomic mass is 16.6. The molecule has 1 amide bonds. The van der Waals surface area contributed by atoms with Crippen LogP contribution in [-0.4, -0.2) is 62.3 Å². The van der Waals surface area contributed by atoms with Gasteiger partial charge in [-0.2, -0.15) is 0 Å². The van der Waals surface area contributed by atoms with E-state index in [1.54, 1.807) is 18.0 Å². The van der Waals surface area contributed by atoms with E-state index in [1.807, 2.05) is 52.0 Å². The highest BCUT2D eigenvalue weighted by Gasteiger charge is 2.33. The number of piperidine rings is 1. The number of nitrogens with one attached hydrogen (secondary N) is 1. The predicted molar refractivity (Wildman–Crippen MR) is 128 cm³/mol. The summed E-state index contributed by atoms with van der Waals surface area (Å²) in [4.78, 5) is 23.6. The third-order valence-corrected chi connectivity index (χ3v) is 5.90. The lowest BCUT2D eigenvalue weighted by molar-refractivity contribution is 0.0448. The quantitative estimate of drug-likeness (QED) is 0.585. The highest BCUT2D eigenvalue weighted by molar-refractivity contribution is 5.77. The second kappa shape index (κ2) is 9.00. The number of amides is 1. The summed E-state index contributed by atoms with van der Waals surface area (Å²) in [5.41, 5.74) is 0.994. The van der Waals surface area contributed by atoms with E-state index in [-0.39, 0.29) is 11.4 Å². The first kappa shape index (κ1) is 23.6. The number of benzene rings is 1. The summed E-state index contributed by atoms with van der Waals surface area (Å²) in [5.74, 6) is 1.34. The zero-order valence-electron chi connectivity index (χ0n) is 20.3. The van der Waals surface area contributed by atoms with Crippen molar-refractivity contribution in [3.8, 4) is 11.6 Å². The largest absolute Gasteiger partial charge is 0.497 e. The molecular formula is C24H32N6O4. The number of hydrogen-bond donors (Lipinski definition) is 2. The standard InChI is InChI=1S/C24H32N6O4/c1-23(2,3)34-22(32)27-24(4)10-12-29(13-11-24)18-14-25-19-20(26-18)30(28-21(19)31)15-16-6-8-17(33-5)9-7-16/h6-9,14H,10-13,15H2,1-5H3,(H,27,32)(H,28,31). The summed E-state index contributed by atoms with van der Waals surface area (Å²) < 4.78 is 12.3. The van der Waals surface area contributed by atoms with Gasteiger partial charge >= 0.3 is 6.09 Å². The number of aromatic nitrogens is 4. The van der Waals surface area contributed by atoms with Gasteiger partial charge in [0.15, 0.2) is 11.2 Å². The Morgan fingerprint density at radius 2 is 1.88 bits per heavy atom. The SMILES string of the molecule is COc1ccc(Cn2nc(O)c3ncc(N4CCC(C)(NC(=O)OC(C)(C)C)CC4)nc32)cc1. The fraction of sp³-hybridized carbons (Fsp3) is 0.500. The van der Waals surface area contributed by atoms with Crippen LogP contribution >= 0.6 is 0 Å². The summed E-state index contributed by atoms with van der Waals surface area (Å²) in [6, 6.07) is 7.66. The highest BCUT2D eigenvalue weighted by Crippen LogP contribution is 2.28. The Balaban J connectivity index is 1.47. The molecule has 0 atom stereocenters. The number of aromatic hydroxyl groups is 1. The second-order valence-electron chi connectivity index (χ2n) is 9.90. The third kappa shape index (κ3) is 5.32. The molecule has 2 aromatic heterocycles. The Kier molecular flexibility index (Phi) is 6.24. The first-order valence-corrected chi connectivity index (χ1v) is 11.4. The first-order chi connectivity index (χ1) is 16.0. The third-order valence-electron chi connectivity index (χ3n) is 5.90. The number of anilines is 1. The molecule has 1 aliphatic heterocycles. The molecular weight excluding hydrogens is 436 g/mol. The molecule has 1 saturated heterocycles. The average molecular weight is 469 g/mol. The van der Waals surface area contributed by atoms with Crippen LogP contribution in [0.25, 0.3) is 11.2 Å². The van der Waals surface area contributed by atoms with Gasteiger partial charge in [-0.3, -0.25) is 0 Å². The van der Waals surface area contributed by atoms with Crippen molar-refractivity contribution in [1.29, 1.82) is 0 Å². The maximum absolute atomic E-state index is 12.2. The Morgan fingerprint density at radius 3 is 2.50 bits per heavy atom. The van der Waals surface area contributed by atoms with E-state index in [0.717, 1.165) is 24.2 Å². The van der Waals surface area contributed by atoms with Gasteiger partial charge in [-0.15, -0.1) is 5.10 Å². The van der Waals surface area contributed by atoms with Crippen LogP contribution in [0.15, 0.2) is 30.5 Å². The average Bonchev–Trinajstić information content (AvgIpc) is 3.08. The van der Waals surface area contributed by atoms with E-state index in [1.165, 1.54) is 0 Å². The number of carbonyl (C=O) groups excluding carboxylic acids is 1. The lowest BCUT2D eigenvalue weighted by atomic mass is 9.90. The molecule has 34 heavy (non-hydrogen) atoms. The van der Waals surface area contributed by atoms with Crippen molar-refractivity contribution in [2.45, 2.75) is 58.2 Å². The summed E-state index contributed by atoms with van der Waals surface area (Å²) in [6.07, 6.45) is 2.73. The van der Waals surface area contributed by atoms with Crippen molar-refractivity contribution < 1.29 is 19.4 Å². The molecule has 2 N–H and O–H groups in total. The van der Waals surface area contributed by atoms with Crippen LogP contribution in [0, 0.1) is 0 Å². The van der Waals surface area contributed by atoms with Crippen LogP contribution in [0.2, 0.25) is 0 Å². The number of fused-ring (bicyclic) bond motifs is 1. The number of ether oxygens (including phenoxy) is 2. The summed E-state index contributed by atoms with van der Waals surface area (Å²) in [6.45, 7) is 9.43. The van der Waals surface area contributed by atoms with Crippen LogP contribution in [-0.2, 0) is 11.3 Å². The molecule has 1 aromatic carbocycles. The van der Waals surface area contributed by atoms with Gasteiger partial charge in [-0.05, 0) is 58.2 Å². The minimum Gasteiger partial charge on any atom is -0.497 e. The molecule has 3 aromatic rings. The van der Waals surface area contributed by atoms with Crippen molar-refractivity contribution in [2.24, 2.45) is 0 Å². The molecule has 10 heteroatoms. The number of rotatable bonds is 5. The van der Waals surface area contributed by atoms with Crippen LogP contribution in [0.1, 0.15) is 46.1 Å². The van der Waals surface area contributed by atoms with E-state index in [0.29, 0.717) is 36.6 Å². The van der Waals surface area contributed by atoms with Gasteiger partial charge in [0.2, 0.25) is 0 Å². The molecule has 0 saturated carbocycles. The van der Waals surface area contributed by atoms with Gasteiger partial charge in [-0.25, -0.2) is 19.4 Å². The zero-order valence-corrected chi connectivity index (χ0v) is 20.3. The van der Waals surface area contributed by atoms with E-state index in [9.17, 15) is 9.90 Å². The van der Waals surface area contributed by atoms with E-state index in [2.05, 4.69) is 20.3 Å². The molecule has 3 heterocycles. The second-order valence-corrected chi connectivity index (χ2v) is 9.90. The number of methoxy groups -OCH3 is 1. The number of nitrogens with zero attached hydrogens (tertiary/aromatic N) is 5. The monoisotopic (exact) mass is 468 g/mol. The number of alkyl carbamates (subject to hydrolysis) is 1. The van der Waals surface area contributed by atoms with Crippen LogP contribution in [0.5, 0.6) is 11.6 Å². The molecule has 1 fully saturated rings. The number of carbonyl (C=O) groups is 1. The van der Waals surface area contributed by atoms with E-state index in [4.69, 9.17) is 14.5 Å². The normalized spacial score (nSPS) is 15.9. The van der Waals surface area contributed by atoms with Gasteiger partial charge in [-0.1, -0.05) is 12.1 Å². The molecule has 1 aliphatic rings. The van der Waals surface area contributed by atoms with Crippen molar-refractivity contribution in [3.63, 3.8) is 0 Å². The van der Waals surface area contributed by atoms with Crippen LogP contribution < -0.4 is 15.0 Å². The van der Waals surface area contributed by atoms with Gasteiger partial charge < -0.3 is 24.8 Å². The molecule has 0 spiro atoms. The molecule has 0 radical (unpaired) electrons. The zero-order chi connectivity index (χ0) is 24.5. The lowest BCUT2D eigenvalue weighted by Gasteiger charge is -2.40. The molecule has 0 unspecified atom stereocenters. The van der Waals surface area contributed by atoms with Gasteiger partial charge in [0.25, 0.3) is 5.88 Å². The first-order valence-electron chi connectivity index (χ1n) is 11.4. The molecule has 182 valence electrons. The number of hydrogen-bond acceptors (Lipinski definition) is 8. The van der Waals surface area contributed by atoms with Gasteiger partial charge in [0.05, 0.1) is 19.9 Å². The summed E-state index contributed by atoms with van der Waals surface area (Å²) >= 11 is 0. The smallest absolute Gasteiger partial charge is 0.408 e. The van der Waals surface area contributed by atoms with Crippen LogP contribution in [0.3, 0.4) is 0 Å². The molecule has 10 nitrogen and oxygen atoms in total. The maximum Gasteiger partial charge on any atom is 0.408 e.